The van der Waals surface area contributed by atoms with Crippen LogP contribution in [0, 0.1) is 11.8 Å². The van der Waals surface area contributed by atoms with Gasteiger partial charge in [-0.1, -0.05) is 13.8 Å². The summed E-state index contributed by atoms with van der Waals surface area (Å²) in [4.78, 5) is 2.45. The third-order valence-corrected chi connectivity index (χ3v) is 4.06. The molecule has 0 N–H and O–H groups in total. The number of ether oxygens (including phenoxy) is 1. The first-order valence-corrected chi connectivity index (χ1v) is 6.65. The Bertz CT molecular complexity index is 224. The van der Waals surface area contributed by atoms with Gasteiger partial charge < -0.3 is 9.64 Å². The second-order valence-corrected chi connectivity index (χ2v) is 5.58. The number of likely N-dealkylation sites (tertiary alicyclic amines) is 1. The van der Waals surface area contributed by atoms with Crippen molar-refractivity contribution >= 4 is 0 Å². The van der Waals surface area contributed by atoms with E-state index in [0.29, 0.717) is 13.0 Å². The van der Waals surface area contributed by atoms with Gasteiger partial charge in [0.15, 0.2) is 0 Å². The summed E-state index contributed by atoms with van der Waals surface area (Å²) in [5.74, 6) is 0.847. The Balaban J connectivity index is 1.83. The van der Waals surface area contributed by atoms with Crippen molar-refractivity contribution in [2.75, 3.05) is 26.2 Å². The van der Waals surface area contributed by atoms with Crippen LogP contribution in [-0.2, 0) is 4.74 Å². The maximum absolute atomic E-state index is 13.6. The van der Waals surface area contributed by atoms with Crippen molar-refractivity contribution in [2.45, 2.75) is 45.4 Å². The van der Waals surface area contributed by atoms with E-state index in [1.165, 1.54) is 12.8 Å². The molecule has 0 aromatic rings. The molecule has 0 spiro atoms. The van der Waals surface area contributed by atoms with E-state index < -0.39 is 6.17 Å². The van der Waals surface area contributed by atoms with Crippen LogP contribution < -0.4 is 0 Å². The number of piperidine rings is 1. The molecule has 0 radical (unpaired) electrons. The van der Waals surface area contributed by atoms with Gasteiger partial charge in [0.1, 0.15) is 6.17 Å². The number of rotatable bonds is 2. The van der Waals surface area contributed by atoms with Gasteiger partial charge in [-0.15, -0.1) is 0 Å². The van der Waals surface area contributed by atoms with Crippen LogP contribution in [0.4, 0.5) is 4.39 Å². The minimum atomic E-state index is -0.666. The maximum Gasteiger partial charge on any atom is 0.107 e. The lowest BCUT2D eigenvalue weighted by molar-refractivity contribution is -0.0755. The van der Waals surface area contributed by atoms with Crippen LogP contribution in [0.15, 0.2) is 0 Å². The Morgan fingerprint density at radius 3 is 2.88 bits per heavy atom. The number of nitrogens with zero attached hydrogens (tertiary/aromatic N) is 1. The standard InChI is InChI=1S/C13H24FNO/c1-10-4-3-6-15(8-10)9-13-11(2)12(14)5-7-16-13/h10-13H,3-9H2,1-2H3/t10-,11-,12?,13+/m0/s1. The van der Waals surface area contributed by atoms with Crippen LogP contribution >= 0.6 is 0 Å². The van der Waals surface area contributed by atoms with Crippen molar-refractivity contribution in [3.8, 4) is 0 Å². The Hall–Kier alpha value is -0.150. The monoisotopic (exact) mass is 229 g/mol. The van der Waals surface area contributed by atoms with E-state index in [0.717, 1.165) is 25.6 Å². The Morgan fingerprint density at radius 1 is 1.31 bits per heavy atom. The molecule has 4 atom stereocenters. The predicted molar refractivity (Wildman–Crippen MR) is 63.3 cm³/mol. The molecule has 2 nitrogen and oxygen atoms in total. The van der Waals surface area contributed by atoms with Crippen LogP contribution in [0.1, 0.15) is 33.1 Å². The van der Waals surface area contributed by atoms with E-state index in [1.54, 1.807) is 0 Å². The van der Waals surface area contributed by atoms with Gasteiger partial charge in [-0.25, -0.2) is 4.39 Å². The van der Waals surface area contributed by atoms with E-state index in [2.05, 4.69) is 11.8 Å². The molecule has 0 aliphatic carbocycles. The van der Waals surface area contributed by atoms with E-state index in [1.807, 2.05) is 6.92 Å². The topological polar surface area (TPSA) is 12.5 Å². The van der Waals surface area contributed by atoms with Crippen molar-refractivity contribution in [1.29, 1.82) is 0 Å². The Kier molecular flexibility index (Phi) is 4.20. The highest BCUT2D eigenvalue weighted by atomic mass is 19.1. The number of halogens is 1. The van der Waals surface area contributed by atoms with Gasteiger partial charge in [0.05, 0.1) is 6.10 Å². The highest BCUT2D eigenvalue weighted by Crippen LogP contribution is 2.25. The van der Waals surface area contributed by atoms with Gasteiger partial charge in [-0.2, -0.15) is 0 Å². The highest BCUT2D eigenvalue weighted by Gasteiger charge is 2.32. The summed E-state index contributed by atoms with van der Waals surface area (Å²) in [6.07, 6.45) is 2.63. The average molecular weight is 229 g/mol. The fraction of sp³-hybridized carbons (Fsp3) is 1.00. The molecule has 2 rings (SSSR count). The summed E-state index contributed by atoms with van der Waals surface area (Å²) in [6, 6.07) is 0. The molecule has 16 heavy (non-hydrogen) atoms. The van der Waals surface area contributed by atoms with Crippen LogP contribution in [-0.4, -0.2) is 43.4 Å². The molecule has 2 fully saturated rings. The van der Waals surface area contributed by atoms with Crippen molar-refractivity contribution < 1.29 is 9.13 Å². The van der Waals surface area contributed by atoms with Crippen molar-refractivity contribution in [2.24, 2.45) is 11.8 Å². The first-order chi connectivity index (χ1) is 7.66. The zero-order chi connectivity index (χ0) is 11.5. The summed E-state index contributed by atoms with van der Waals surface area (Å²) < 4.78 is 19.3. The summed E-state index contributed by atoms with van der Waals surface area (Å²) in [6.45, 7) is 8.13. The molecule has 0 aromatic carbocycles. The third-order valence-electron chi connectivity index (χ3n) is 4.06. The molecule has 2 saturated heterocycles. The fourth-order valence-corrected chi connectivity index (χ4v) is 2.91. The van der Waals surface area contributed by atoms with Crippen LogP contribution in [0.5, 0.6) is 0 Å². The molecule has 0 amide bonds. The van der Waals surface area contributed by atoms with Crippen molar-refractivity contribution in [3.05, 3.63) is 0 Å². The van der Waals surface area contributed by atoms with Gasteiger partial charge in [0.25, 0.3) is 0 Å². The maximum atomic E-state index is 13.6. The molecule has 3 heteroatoms. The second-order valence-electron chi connectivity index (χ2n) is 5.58. The van der Waals surface area contributed by atoms with Crippen LogP contribution in [0.2, 0.25) is 0 Å². The highest BCUT2D eigenvalue weighted by molar-refractivity contribution is 4.82. The minimum absolute atomic E-state index is 0.0611. The minimum Gasteiger partial charge on any atom is -0.376 e. The first kappa shape index (κ1) is 12.3. The molecule has 0 aromatic heterocycles. The van der Waals surface area contributed by atoms with Gasteiger partial charge in [-0.05, 0) is 25.3 Å². The average Bonchev–Trinajstić information content (AvgIpc) is 2.25. The van der Waals surface area contributed by atoms with E-state index in [-0.39, 0.29) is 12.0 Å². The van der Waals surface area contributed by atoms with E-state index in [9.17, 15) is 4.39 Å². The van der Waals surface area contributed by atoms with Crippen molar-refractivity contribution in [1.82, 2.24) is 4.90 Å². The predicted octanol–water partition coefficient (Wildman–Crippen LogP) is 2.48. The fourth-order valence-electron chi connectivity index (χ4n) is 2.91. The summed E-state index contributed by atoms with van der Waals surface area (Å²) in [7, 11) is 0. The molecular formula is C13H24FNO. The van der Waals surface area contributed by atoms with Gasteiger partial charge in [-0.3, -0.25) is 0 Å². The zero-order valence-corrected chi connectivity index (χ0v) is 10.5. The SMILES string of the molecule is C[C@H]1CCCN(C[C@H]2OCCC(F)[C@@H]2C)C1. The number of hydrogen-bond acceptors (Lipinski definition) is 2. The second kappa shape index (κ2) is 5.46. The molecule has 0 bridgehead atoms. The van der Waals surface area contributed by atoms with Crippen LogP contribution in [0.3, 0.4) is 0 Å². The molecule has 1 unspecified atom stereocenters. The molecule has 0 saturated carbocycles. The lowest BCUT2D eigenvalue weighted by Gasteiger charge is -2.38. The van der Waals surface area contributed by atoms with Crippen LogP contribution in [0.25, 0.3) is 0 Å². The molecule has 2 aliphatic rings. The quantitative estimate of drug-likeness (QED) is 0.721. The summed E-state index contributed by atoms with van der Waals surface area (Å²) in [5.41, 5.74) is 0. The largest absolute Gasteiger partial charge is 0.376 e. The van der Waals surface area contributed by atoms with Gasteiger partial charge >= 0.3 is 0 Å². The van der Waals surface area contributed by atoms with E-state index >= 15 is 0 Å². The zero-order valence-electron chi connectivity index (χ0n) is 10.5. The third kappa shape index (κ3) is 2.95. The Labute approximate surface area is 98.1 Å². The molecular weight excluding hydrogens is 205 g/mol. The normalized spacial score (nSPS) is 42.2. The number of alkyl halides is 1. The summed E-state index contributed by atoms with van der Waals surface area (Å²) >= 11 is 0. The first-order valence-electron chi connectivity index (χ1n) is 6.65. The van der Waals surface area contributed by atoms with Crippen molar-refractivity contribution in [3.63, 3.8) is 0 Å². The molecule has 2 heterocycles. The summed E-state index contributed by atoms with van der Waals surface area (Å²) in [5, 5.41) is 0. The Morgan fingerprint density at radius 2 is 2.12 bits per heavy atom. The van der Waals surface area contributed by atoms with E-state index in [4.69, 9.17) is 4.74 Å². The lowest BCUT2D eigenvalue weighted by atomic mass is 9.93. The molecule has 2 aliphatic heterocycles. The smallest absolute Gasteiger partial charge is 0.107 e. The number of hydrogen-bond donors (Lipinski definition) is 0. The lowest BCUT2D eigenvalue weighted by Crippen LogP contribution is -2.46. The van der Waals surface area contributed by atoms with Gasteiger partial charge in [0.2, 0.25) is 0 Å². The molecule has 94 valence electrons. The van der Waals surface area contributed by atoms with Gasteiger partial charge in [0, 0.05) is 32.0 Å².